The third-order valence-corrected chi connectivity index (χ3v) is 4.40. The van der Waals surface area contributed by atoms with Crippen LogP contribution in [0, 0.1) is 12.7 Å². The van der Waals surface area contributed by atoms with Gasteiger partial charge >= 0.3 is 0 Å². The van der Waals surface area contributed by atoms with Gasteiger partial charge in [-0.3, -0.25) is 4.79 Å². The molecular formula is C17H15FN4O2S. The summed E-state index contributed by atoms with van der Waals surface area (Å²) in [7, 11) is 1.57. The van der Waals surface area contributed by atoms with Gasteiger partial charge in [0.15, 0.2) is 5.78 Å². The number of hydrogen-bond acceptors (Lipinski definition) is 6. The van der Waals surface area contributed by atoms with Gasteiger partial charge in [0, 0.05) is 5.56 Å². The van der Waals surface area contributed by atoms with Crippen molar-refractivity contribution in [2.45, 2.75) is 12.1 Å². The van der Waals surface area contributed by atoms with E-state index in [9.17, 15) is 9.18 Å². The number of aromatic nitrogens is 4. The smallest absolute Gasteiger partial charge is 0.214 e. The van der Waals surface area contributed by atoms with Crippen LogP contribution in [0.15, 0.2) is 47.6 Å². The van der Waals surface area contributed by atoms with Crippen LogP contribution in [0.4, 0.5) is 4.39 Å². The molecule has 0 unspecified atom stereocenters. The van der Waals surface area contributed by atoms with Crippen LogP contribution in [0.5, 0.6) is 5.75 Å². The van der Waals surface area contributed by atoms with Gasteiger partial charge in [-0.2, -0.15) is 4.68 Å². The largest absolute Gasteiger partial charge is 0.494 e. The van der Waals surface area contributed by atoms with Crippen molar-refractivity contribution in [2.24, 2.45) is 0 Å². The molecule has 0 aliphatic carbocycles. The van der Waals surface area contributed by atoms with Gasteiger partial charge in [0.2, 0.25) is 5.16 Å². The molecule has 0 fully saturated rings. The average molecular weight is 358 g/mol. The van der Waals surface area contributed by atoms with E-state index in [0.29, 0.717) is 22.2 Å². The number of nitrogens with zero attached hydrogens (tertiary/aromatic N) is 4. The molecule has 2 aromatic carbocycles. The van der Waals surface area contributed by atoms with Gasteiger partial charge < -0.3 is 4.74 Å². The van der Waals surface area contributed by atoms with Crippen molar-refractivity contribution in [1.82, 2.24) is 20.2 Å². The summed E-state index contributed by atoms with van der Waals surface area (Å²) in [6, 6.07) is 11.3. The van der Waals surface area contributed by atoms with Crippen molar-refractivity contribution >= 4 is 17.5 Å². The van der Waals surface area contributed by atoms with Crippen molar-refractivity contribution in [3.8, 4) is 11.4 Å². The minimum absolute atomic E-state index is 0.0952. The van der Waals surface area contributed by atoms with Crippen molar-refractivity contribution in [1.29, 1.82) is 0 Å². The van der Waals surface area contributed by atoms with Gasteiger partial charge in [0.1, 0.15) is 17.3 Å². The summed E-state index contributed by atoms with van der Waals surface area (Å²) in [4.78, 5) is 12.2. The molecule has 8 heteroatoms. The van der Waals surface area contributed by atoms with E-state index in [2.05, 4.69) is 15.5 Å². The van der Waals surface area contributed by atoms with Crippen molar-refractivity contribution in [3.63, 3.8) is 0 Å². The molecule has 0 saturated carbocycles. The van der Waals surface area contributed by atoms with Crippen LogP contribution < -0.4 is 4.74 Å². The first-order chi connectivity index (χ1) is 12.1. The standard InChI is InChI=1S/C17H15FN4O2S/c1-11-6-7-16(24-2)14(8-11)22-17(19-20-21-22)25-10-15(23)12-4-3-5-13(18)9-12/h3-9H,10H2,1-2H3. The van der Waals surface area contributed by atoms with Crippen molar-refractivity contribution in [2.75, 3.05) is 12.9 Å². The quantitative estimate of drug-likeness (QED) is 0.498. The molecular weight excluding hydrogens is 343 g/mol. The molecule has 1 aromatic heterocycles. The average Bonchev–Trinajstić information content (AvgIpc) is 3.08. The lowest BCUT2D eigenvalue weighted by atomic mass is 10.1. The van der Waals surface area contributed by atoms with Crippen LogP contribution in [-0.2, 0) is 0 Å². The predicted octanol–water partition coefficient (Wildman–Crippen LogP) is 3.09. The lowest BCUT2D eigenvalue weighted by Gasteiger charge is -2.10. The fraction of sp³-hybridized carbons (Fsp3) is 0.176. The Morgan fingerprint density at radius 1 is 1.28 bits per heavy atom. The first kappa shape index (κ1) is 17.1. The Hall–Kier alpha value is -2.74. The minimum atomic E-state index is -0.440. The SMILES string of the molecule is COc1ccc(C)cc1-n1nnnc1SCC(=O)c1cccc(F)c1. The molecule has 128 valence electrons. The Kier molecular flexibility index (Phi) is 5.08. The van der Waals surface area contributed by atoms with E-state index < -0.39 is 5.82 Å². The normalized spacial score (nSPS) is 10.7. The number of aryl methyl sites for hydroxylation is 1. The van der Waals surface area contributed by atoms with E-state index in [0.717, 1.165) is 5.56 Å². The highest BCUT2D eigenvalue weighted by atomic mass is 32.2. The van der Waals surface area contributed by atoms with E-state index in [1.54, 1.807) is 13.2 Å². The highest BCUT2D eigenvalue weighted by Gasteiger charge is 2.16. The second-order valence-electron chi connectivity index (χ2n) is 5.27. The maximum atomic E-state index is 13.2. The fourth-order valence-electron chi connectivity index (χ4n) is 2.26. The Balaban J connectivity index is 1.81. The van der Waals surface area contributed by atoms with E-state index in [4.69, 9.17) is 4.74 Å². The van der Waals surface area contributed by atoms with E-state index in [1.807, 2.05) is 25.1 Å². The number of Topliss-reactive ketones (excluding diaryl/α,β-unsaturated/α-hetero) is 1. The Morgan fingerprint density at radius 2 is 2.12 bits per heavy atom. The molecule has 25 heavy (non-hydrogen) atoms. The zero-order valence-electron chi connectivity index (χ0n) is 13.6. The molecule has 0 bridgehead atoms. The second-order valence-corrected chi connectivity index (χ2v) is 6.21. The molecule has 1 heterocycles. The van der Waals surface area contributed by atoms with Crippen LogP contribution in [-0.4, -0.2) is 38.9 Å². The summed E-state index contributed by atoms with van der Waals surface area (Å²) in [6.45, 7) is 1.95. The van der Waals surface area contributed by atoms with Gasteiger partial charge in [-0.05, 0) is 47.2 Å². The summed E-state index contributed by atoms with van der Waals surface area (Å²) < 4.78 is 20.1. The van der Waals surface area contributed by atoms with Crippen LogP contribution >= 0.6 is 11.8 Å². The van der Waals surface area contributed by atoms with Gasteiger partial charge in [-0.1, -0.05) is 30.0 Å². The third kappa shape index (κ3) is 3.85. The van der Waals surface area contributed by atoms with Gasteiger partial charge in [-0.25, -0.2) is 4.39 Å². The monoisotopic (exact) mass is 358 g/mol. The number of tetrazole rings is 1. The molecule has 3 rings (SSSR count). The zero-order chi connectivity index (χ0) is 17.8. The number of halogens is 1. The fourth-order valence-corrected chi connectivity index (χ4v) is 3.04. The summed E-state index contributed by atoms with van der Waals surface area (Å²) in [5, 5.41) is 12.1. The van der Waals surface area contributed by atoms with Gasteiger partial charge in [-0.15, -0.1) is 5.10 Å². The number of methoxy groups -OCH3 is 1. The molecule has 0 saturated heterocycles. The summed E-state index contributed by atoms with van der Waals surface area (Å²) in [5.74, 6) is 0.0782. The lowest BCUT2D eigenvalue weighted by Crippen LogP contribution is -2.06. The number of ketones is 1. The van der Waals surface area contributed by atoms with Crippen LogP contribution in [0.1, 0.15) is 15.9 Å². The third-order valence-electron chi connectivity index (χ3n) is 3.48. The first-order valence-electron chi connectivity index (χ1n) is 7.43. The summed E-state index contributed by atoms with van der Waals surface area (Å²) in [6.07, 6.45) is 0. The summed E-state index contributed by atoms with van der Waals surface area (Å²) >= 11 is 1.18. The molecule has 0 N–H and O–H groups in total. The molecule has 0 radical (unpaired) electrons. The van der Waals surface area contributed by atoms with Crippen LogP contribution in [0.25, 0.3) is 5.69 Å². The second kappa shape index (κ2) is 7.43. The Morgan fingerprint density at radius 3 is 2.88 bits per heavy atom. The number of ether oxygens (including phenoxy) is 1. The van der Waals surface area contributed by atoms with E-state index in [1.165, 1.54) is 34.6 Å². The van der Waals surface area contributed by atoms with E-state index in [-0.39, 0.29) is 11.5 Å². The summed E-state index contributed by atoms with van der Waals surface area (Å²) in [5.41, 5.74) is 2.03. The molecule has 0 amide bonds. The number of benzene rings is 2. The molecule has 6 nitrogen and oxygen atoms in total. The number of hydrogen-bond donors (Lipinski definition) is 0. The maximum absolute atomic E-state index is 13.2. The predicted molar refractivity (Wildman–Crippen MR) is 91.9 cm³/mol. The first-order valence-corrected chi connectivity index (χ1v) is 8.42. The topological polar surface area (TPSA) is 69.9 Å². The number of carbonyl (C=O) groups is 1. The van der Waals surface area contributed by atoms with Crippen LogP contribution in [0.2, 0.25) is 0 Å². The van der Waals surface area contributed by atoms with Gasteiger partial charge in [0.25, 0.3) is 0 Å². The van der Waals surface area contributed by atoms with Crippen molar-refractivity contribution in [3.05, 3.63) is 59.4 Å². The maximum Gasteiger partial charge on any atom is 0.214 e. The minimum Gasteiger partial charge on any atom is -0.494 e. The number of rotatable bonds is 6. The van der Waals surface area contributed by atoms with Crippen molar-refractivity contribution < 1.29 is 13.9 Å². The highest BCUT2D eigenvalue weighted by molar-refractivity contribution is 7.99. The zero-order valence-corrected chi connectivity index (χ0v) is 14.5. The number of thioether (sulfide) groups is 1. The molecule has 0 spiro atoms. The lowest BCUT2D eigenvalue weighted by molar-refractivity contribution is 0.102. The number of carbonyl (C=O) groups excluding carboxylic acids is 1. The van der Waals surface area contributed by atoms with Crippen LogP contribution in [0.3, 0.4) is 0 Å². The Labute approximate surface area is 148 Å². The van der Waals surface area contributed by atoms with E-state index >= 15 is 0 Å². The molecule has 0 aliphatic rings. The molecule has 3 aromatic rings. The molecule has 0 aliphatic heterocycles. The highest BCUT2D eigenvalue weighted by Crippen LogP contribution is 2.27. The van der Waals surface area contributed by atoms with Gasteiger partial charge in [0.05, 0.1) is 12.9 Å². The molecule has 0 atom stereocenters. The Bertz CT molecular complexity index is 913.